The number of nitrogens with zero attached hydrogens (tertiary/aromatic N) is 2. The molecule has 0 saturated heterocycles. The van der Waals surface area contributed by atoms with Crippen molar-refractivity contribution in [2.75, 3.05) is 0 Å². The van der Waals surface area contributed by atoms with Gasteiger partial charge in [0.2, 0.25) is 0 Å². The van der Waals surface area contributed by atoms with Crippen LogP contribution in [-0.4, -0.2) is 16.0 Å². The van der Waals surface area contributed by atoms with Gasteiger partial charge < -0.3 is 0 Å². The molecular formula is C11H10N2OS. The van der Waals surface area contributed by atoms with Crippen molar-refractivity contribution in [3.63, 3.8) is 0 Å². The highest BCUT2D eigenvalue weighted by Gasteiger charge is 2.13. The van der Waals surface area contributed by atoms with Crippen LogP contribution in [0.1, 0.15) is 27.3 Å². The van der Waals surface area contributed by atoms with Crippen LogP contribution in [0.4, 0.5) is 0 Å². The molecule has 0 fully saturated rings. The van der Waals surface area contributed by atoms with E-state index in [4.69, 9.17) is 0 Å². The highest BCUT2D eigenvalue weighted by molar-refractivity contribution is 7.08. The maximum absolute atomic E-state index is 12.0. The summed E-state index contributed by atoms with van der Waals surface area (Å²) in [6, 6.07) is 3.60. The zero-order valence-electron chi connectivity index (χ0n) is 8.52. The van der Waals surface area contributed by atoms with Gasteiger partial charge >= 0.3 is 0 Å². The zero-order valence-corrected chi connectivity index (χ0v) is 9.34. The van der Waals surface area contributed by atoms with Gasteiger partial charge in [0.15, 0.2) is 5.78 Å². The molecule has 2 rings (SSSR count). The summed E-state index contributed by atoms with van der Waals surface area (Å²) in [6.07, 6.45) is 0. The van der Waals surface area contributed by atoms with Gasteiger partial charge in [-0.2, -0.15) is 21.5 Å². The second kappa shape index (κ2) is 3.90. The second-order valence-electron chi connectivity index (χ2n) is 3.33. The molecule has 3 nitrogen and oxygen atoms in total. The number of aromatic nitrogens is 2. The Morgan fingerprint density at radius 1 is 1.33 bits per heavy atom. The van der Waals surface area contributed by atoms with Gasteiger partial charge in [-0.05, 0) is 31.4 Å². The molecule has 0 aliphatic heterocycles. The van der Waals surface area contributed by atoms with Gasteiger partial charge in [0.1, 0.15) is 0 Å². The van der Waals surface area contributed by atoms with Crippen LogP contribution in [0.2, 0.25) is 0 Å². The normalized spacial score (nSPS) is 10.3. The number of thiophene rings is 1. The summed E-state index contributed by atoms with van der Waals surface area (Å²) in [5, 5.41) is 11.6. The summed E-state index contributed by atoms with van der Waals surface area (Å²) >= 11 is 1.52. The van der Waals surface area contributed by atoms with E-state index in [1.807, 2.05) is 23.8 Å². The van der Waals surface area contributed by atoms with Crippen LogP contribution >= 0.6 is 11.3 Å². The Hall–Kier alpha value is -1.55. The molecule has 0 radical (unpaired) electrons. The summed E-state index contributed by atoms with van der Waals surface area (Å²) in [5.74, 6) is 0.0201. The van der Waals surface area contributed by atoms with Gasteiger partial charge in [-0.1, -0.05) is 0 Å². The molecule has 0 aliphatic rings. The lowest BCUT2D eigenvalue weighted by Gasteiger charge is -2.02. The molecule has 0 saturated carbocycles. The number of aryl methyl sites for hydroxylation is 2. The quantitative estimate of drug-likeness (QED) is 0.727. The van der Waals surface area contributed by atoms with Crippen LogP contribution in [0, 0.1) is 13.8 Å². The number of carbonyl (C=O) groups excluding carboxylic acids is 1. The fourth-order valence-corrected chi connectivity index (χ4v) is 1.96. The lowest BCUT2D eigenvalue weighted by Crippen LogP contribution is -2.06. The molecule has 0 aliphatic carbocycles. The average Bonchev–Trinajstić information content (AvgIpc) is 2.74. The van der Waals surface area contributed by atoms with E-state index < -0.39 is 0 Å². The Morgan fingerprint density at radius 2 is 2.13 bits per heavy atom. The molecule has 4 heteroatoms. The minimum absolute atomic E-state index is 0.0201. The SMILES string of the molecule is Cc1cc(C(=O)c2ccsc2)c(C)nn1. The molecule has 0 bridgehead atoms. The van der Waals surface area contributed by atoms with Crippen LogP contribution in [0.25, 0.3) is 0 Å². The largest absolute Gasteiger partial charge is 0.289 e. The molecule has 0 N–H and O–H groups in total. The standard InChI is InChI=1S/C11H10N2OS/c1-7-5-10(8(2)13-12-7)11(14)9-3-4-15-6-9/h3-6H,1-2H3. The second-order valence-corrected chi connectivity index (χ2v) is 4.11. The van der Waals surface area contributed by atoms with Crippen molar-refractivity contribution < 1.29 is 4.79 Å². The molecule has 15 heavy (non-hydrogen) atoms. The fraction of sp³-hybridized carbons (Fsp3) is 0.182. The van der Waals surface area contributed by atoms with Crippen molar-refractivity contribution in [1.82, 2.24) is 10.2 Å². The predicted molar refractivity (Wildman–Crippen MR) is 59.3 cm³/mol. The van der Waals surface area contributed by atoms with Gasteiger partial charge in [0.25, 0.3) is 0 Å². The number of carbonyl (C=O) groups is 1. The fourth-order valence-electron chi connectivity index (χ4n) is 1.33. The first-order chi connectivity index (χ1) is 7.18. The predicted octanol–water partition coefficient (Wildman–Crippen LogP) is 2.39. The van der Waals surface area contributed by atoms with Crippen molar-refractivity contribution in [3.05, 3.63) is 45.4 Å². The van der Waals surface area contributed by atoms with Crippen LogP contribution in [0.15, 0.2) is 22.9 Å². The Kier molecular flexibility index (Phi) is 2.60. The zero-order chi connectivity index (χ0) is 10.8. The molecular weight excluding hydrogens is 208 g/mol. The minimum atomic E-state index is 0.0201. The summed E-state index contributed by atoms with van der Waals surface area (Å²) < 4.78 is 0. The third-order valence-electron chi connectivity index (χ3n) is 2.13. The Morgan fingerprint density at radius 3 is 2.80 bits per heavy atom. The molecule has 2 aromatic heterocycles. The van der Waals surface area contributed by atoms with E-state index in [2.05, 4.69) is 10.2 Å². The molecule has 2 aromatic rings. The van der Waals surface area contributed by atoms with E-state index in [1.54, 1.807) is 13.0 Å². The van der Waals surface area contributed by atoms with Crippen LogP contribution in [0.3, 0.4) is 0 Å². The van der Waals surface area contributed by atoms with E-state index >= 15 is 0 Å². The third-order valence-corrected chi connectivity index (χ3v) is 2.81. The average molecular weight is 218 g/mol. The van der Waals surface area contributed by atoms with E-state index in [0.29, 0.717) is 11.3 Å². The van der Waals surface area contributed by atoms with E-state index in [0.717, 1.165) is 11.3 Å². The summed E-state index contributed by atoms with van der Waals surface area (Å²) in [7, 11) is 0. The highest BCUT2D eigenvalue weighted by atomic mass is 32.1. The van der Waals surface area contributed by atoms with E-state index in [-0.39, 0.29) is 5.78 Å². The van der Waals surface area contributed by atoms with Crippen molar-refractivity contribution >= 4 is 17.1 Å². The van der Waals surface area contributed by atoms with Crippen LogP contribution in [-0.2, 0) is 0 Å². The lowest BCUT2D eigenvalue weighted by atomic mass is 10.1. The van der Waals surface area contributed by atoms with E-state index in [1.165, 1.54) is 11.3 Å². The molecule has 2 heterocycles. The Balaban J connectivity index is 2.46. The number of hydrogen-bond acceptors (Lipinski definition) is 4. The molecule has 0 atom stereocenters. The maximum atomic E-state index is 12.0. The summed E-state index contributed by atoms with van der Waals surface area (Å²) in [6.45, 7) is 3.63. The first-order valence-electron chi connectivity index (χ1n) is 4.56. The molecule has 0 aromatic carbocycles. The first-order valence-corrected chi connectivity index (χ1v) is 5.50. The molecule has 0 spiro atoms. The summed E-state index contributed by atoms with van der Waals surface area (Å²) in [4.78, 5) is 12.0. The van der Waals surface area contributed by atoms with Crippen molar-refractivity contribution in [1.29, 1.82) is 0 Å². The topological polar surface area (TPSA) is 42.9 Å². The van der Waals surface area contributed by atoms with Crippen LogP contribution < -0.4 is 0 Å². The third kappa shape index (κ3) is 1.94. The first kappa shape index (κ1) is 9.98. The van der Waals surface area contributed by atoms with Gasteiger partial charge in [-0.25, -0.2) is 0 Å². The molecule has 0 unspecified atom stereocenters. The monoisotopic (exact) mass is 218 g/mol. The summed E-state index contributed by atoms with van der Waals surface area (Å²) in [5.41, 5.74) is 2.80. The van der Waals surface area contributed by atoms with Gasteiger partial charge in [-0.3, -0.25) is 4.79 Å². The number of rotatable bonds is 2. The minimum Gasteiger partial charge on any atom is -0.289 e. The van der Waals surface area contributed by atoms with Crippen molar-refractivity contribution in [2.24, 2.45) is 0 Å². The van der Waals surface area contributed by atoms with Gasteiger partial charge in [0.05, 0.1) is 11.4 Å². The van der Waals surface area contributed by atoms with E-state index in [9.17, 15) is 4.79 Å². The lowest BCUT2D eigenvalue weighted by molar-refractivity contribution is 0.103. The Bertz CT molecular complexity index is 491. The number of ketones is 1. The smallest absolute Gasteiger partial charge is 0.195 e. The van der Waals surface area contributed by atoms with Crippen molar-refractivity contribution in [3.8, 4) is 0 Å². The molecule has 76 valence electrons. The van der Waals surface area contributed by atoms with Gasteiger partial charge in [-0.15, -0.1) is 0 Å². The number of hydrogen-bond donors (Lipinski definition) is 0. The van der Waals surface area contributed by atoms with Gasteiger partial charge in [0, 0.05) is 16.5 Å². The van der Waals surface area contributed by atoms with Crippen molar-refractivity contribution in [2.45, 2.75) is 13.8 Å². The Labute approximate surface area is 91.8 Å². The highest BCUT2D eigenvalue weighted by Crippen LogP contribution is 2.15. The maximum Gasteiger partial charge on any atom is 0.195 e. The van der Waals surface area contributed by atoms with Crippen LogP contribution in [0.5, 0.6) is 0 Å². The molecule has 0 amide bonds.